The largest absolute Gasteiger partial charge is 0.360 e. The van der Waals surface area contributed by atoms with E-state index in [2.05, 4.69) is 29.2 Å². The van der Waals surface area contributed by atoms with E-state index in [1.165, 1.54) is 0 Å². The molecule has 2 aromatic heterocycles. The Kier molecular flexibility index (Phi) is 3.44. The van der Waals surface area contributed by atoms with Crippen molar-refractivity contribution in [3.8, 4) is 0 Å². The summed E-state index contributed by atoms with van der Waals surface area (Å²) >= 11 is 0. The van der Waals surface area contributed by atoms with Crippen LogP contribution >= 0.6 is 0 Å². The summed E-state index contributed by atoms with van der Waals surface area (Å²) in [6.45, 7) is 4.20. The van der Waals surface area contributed by atoms with Crippen LogP contribution in [0.2, 0.25) is 0 Å². The summed E-state index contributed by atoms with van der Waals surface area (Å²) in [5, 5.41) is 11.5. The minimum atomic E-state index is -0.0223. The number of nitrogens with one attached hydrogen (secondary N) is 1. The number of ketones is 2. The Morgan fingerprint density at radius 1 is 1.04 bits per heavy atom. The van der Waals surface area contributed by atoms with Gasteiger partial charge in [0.1, 0.15) is 5.76 Å². The smallest absolute Gasteiger partial charge is 0.168 e. The lowest BCUT2D eigenvalue weighted by Gasteiger charge is -2.27. The predicted octanol–water partition coefficient (Wildman–Crippen LogP) is 2.86. The number of hydrogen-bond acceptors (Lipinski definition) is 5. The highest BCUT2D eigenvalue weighted by atomic mass is 16.5. The first-order valence-electron chi connectivity index (χ1n) is 8.54. The van der Waals surface area contributed by atoms with Crippen molar-refractivity contribution < 1.29 is 14.1 Å². The van der Waals surface area contributed by atoms with Crippen molar-refractivity contribution in [2.45, 2.75) is 58.8 Å². The minimum absolute atomic E-state index is 0.0223. The second kappa shape index (κ2) is 5.40. The van der Waals surface area contributed by atoms with Gasteiger partial charge in [0.05, 0.1) is 22.5 Å². The van der Waals surface area contributed by atoms with Crippen molar-refractivity contribution in [3.63, 3.8) is 0 Å². The van der Waals surface area contributed by atoms with Gasteiger partial charge in [-0.05, 0) is 31.1 Å². The van der Waals surface area contributed by atoms with Crippen LogP contribution in [0.1, 0.15) is 76.7 Å². The molecule has 2 aliphatic carbocycles. The molecule has 0 bridgehead atoms. The van der Waals surface area contributed by atoms with Crippen LogP contribution in [-0.4, -0.2) is 26.9 Å². The Balaban J connectivity index is 1.57. The molecule has 2 heterocycles. The molecule has 0 fully saturated rings. The average molecular weight is 327 g/mol. The Labute approximate surface area is 140 Å². The van der Waals surface area contributed by atoms with Crippen molar-refractivity contribution >= 4 is 11.6 Å². The monoisotopic (exact) mass is 327 g/mol. The first-order chi connectivity index (χ1) is 11.4. The normalized spacial score (nSPS) is 19.2. The number of carbonyl (C=O) groups is 2. The van der Waals surface area contributed by atoms with Crippen LogP contribution in [0.15, 0.2) is 4.52 Å². The van der Waals surface area contributed by atoms with Gasteiger partial charge in [-0.25, -0.2) is 0 Å². The SMILES string of the molecule is CC1(C)CC(=O)c2c(CCc3noc4c3C(=O)CCC4)n[nH]c2C1. The molecule has 0 saturated heterocycles. The molecule has 6 heteroatoms. The molecule has 0 radical (unpaired) electrons. The lowest BCUT2D eigenvalue weighted by atomic mass is 9.75. The van der Waals surface area contributed by atoms with Crippen LogP contribution in [-0.2, 0) is 25.7 Å². The lowest BCUT2D eigenvalue weighted by Crippen LogP contribution is -2.27. The lowest BCUT2D eigenvalue weighted by molar-refractivity contribution is 0.0909. The number of rotatable bonds is 3. The van der Waals surface area contributed by atoms with Crippen molar-refractivity contribution in [2.24, 2.45) is 5.41 Å². The van der Waals surface area contributed by atoms with E-state index in [-0.39, 0.29) is 17.0 Å². The zero-order chi connectivity index (χ0) is 16.9. The van der Waals surface area contributed by atoms with Gasteiger partial charge in [-0.15, -0.1) is 0 Å². The fraction of sp³-hybridized carbons (Fsp3) is 0.556. The Hall–Kier alpha value is -2.24. The Morgan fingerprint density at radius 3 is 2.67 bits per heavy atom. The summed E-state index contributed by atoms with van der Waals surface area (Å²) in [6, 6.07) is 0. The van der Waals surface area contributed by atoms with Crippen LogP contribution in [0, 0.1) is 5.41 Å². The van der Waals surface area contributed by atoms with Gasteiger partial charge in [-0.1, -0.05) is 19.0 Å². The third-order valence-corrected chi connectivity index (χ3v) is 5.01. The van der Waals surface area contributed by atoms with E-state index >= 15 is 0 Å². The molecule has 0 spiro atoms. The molecule has 4 rings (SSSR count). The van der Waals surface area contributed by atoms with Gasteiger partial charge in [-0.2, -0.15) is 5.10 Å². The van der Waals surface area contributed by atoms with E-state index in [4.69, 9.17) is 4.52 Å². The zero-order valence-electron chi connectivity index (χ0n) is 14.1. The number of aryl methyl sites for hydroxylation is 3. The van der Waals surface area contributed by atoms with Gasteiger partial charge in [-0.3, -0.25) is 14.7 Å². The molecule has 0 aromatic carbocycles. The highest BCUT2D eigenvalue weighted by molar-refractivity contribution is 6.00. The molecule has 24 heavy (non-hydrogen) atoms. The van der Waals surface area contributed by atoms with Crippen LogP contribution in [0.5, 0.6) is 0 Å². The maximum absolute atomic E-state index is 12.5. The molecule has 6 nitrogen and oxygen atoms in total. The molecule has 0 atom stereocenters. The Bertz CT molecular complexity index is 829. The summed E-state index contributed by atoms with van der Waals surface area (Å²) in [7, 11) is 0. The fourth-order valence-electron chi connectivity index (χ4n) is 3.91. The van der Waals surface area contributed by atoms with E-state index in [1.807, 2.05) is 0 Å². The second-order valence-corrected chi connectivity index (χ2v) is 7.67. The minimum Gasteiger partial charge on any atom is -0.360 e. The first kappa shape index (κ1) is 15.3. The van der Waals surface area contributed by atoms with Gasteiger partial charge >= 0.3 is 0 Å². The van der Waals surface area contributed by atoms with Crippen molar-refractivity contribution in [1.29, 1.82) is 0 Å². The quantitative estimate of drug-likeness (QED) is 0.936. The number of hydrogen-bond donors (Lipinski definition) is 1. The van der Waals surface area contributed by atoms with Crippen molar-refractivity contribution in [1.82, 2.24) is 15.4 Å². The predicted molar refractivity (Wildman–Crippen MR) is 86.2 cm³/mol. The number of H-pyrrole nitrogens is 1. The van der Waals surface area contributed by atoms with Gasteiger partial charge in [0.15, 0.2) is 11.6 Å². The standard InChI is InChI=1S/C18H21N3O3/c1-18(2)8-12-16(14(23)9-18)10(19-20-12)6-7-11-17-13(22)4-3-5-15(17)24-21-11/h3-9H2,1-2H3,(H,19,20). The maximum atomic E-state index is 12.5. The van der Waals surface area contributed by atoms with Gasteiger partial charge in [0.25, 0.3) is 0 Å². The number of nitrogens with zero attached hydrogens (tertiary/aromatic N) is 2. The highest BCUT2D eigenvalue weighted by Gasteiger charge is 2.34. The van der Waals surface area contributed by atoms with Crippen LogP contribution in [0.25, 0.3) is 0 Å². The third-order valence-electron chi connectivity index (χ3n) is 5.01. The number of fused-ring (bicyclic) bond motifs is 2. The van der Waals surface area contributed by atoms with Gasteiger partial charge in [0, 0.05) is 25.0 Å². The Morgan fingerprint density at radius 2 is 1.83 bits per heavy atom. The van der Waals surface area contributed by atoms with Crippen molar-refractivity contribution in [2.75, 3.05) is 0 Å². The molecule has 0 aliphatic heterocycles. The van der Waals surface area contributed by atoms with Crippen LogP contribution < -0.4 is 0 Å². The first-order valence-corrected chi connectivity index (χ1v) is 8.54. The van der Waals surface area contributed by atoms with E-state index in [0.29, 0.717) is 42.7 Å². The summed E-state index contributed by atoms with van der Waals surface area (Å²) in [6.07, 6.45) is 4.70. The highest BCUT2D eigenvalue weighted by Crippen LogP contribution is 2.35. The third kappa shape index (κ3) is 2.50. The molecule has 0 amide bonds. The van der Waals surface area contributed by atoms with Crippen LogP contribution in [0.4, 0.5) is 0 Å². The van der Waals surface area contributed by atoms with E-state index in [0.717, 1.165) is 36.2 Å². The van der Waals surface area contributed by atoms with Crippen LogP contribution in [0.3, 0.4) is 0 Å². The number of carbonyl (C=O) groups excluding carboxylic acids is 2. The van der Waals surface area contributed by atoms with Crippen molar-refractivity contribution in [3.05, 3.63) is 34.0 Å². The molecule has 126 valence electrons. The topological polar surface area (TPSA) is 88.8 Å². The molecular formula is C18H21N3O3. The van der Waals surface area contributed by atoms with E-state index in [9.17, 15) is 9.59 Å². The van der Waals surface area contributed by atoms with Gasteiger partial charge < -0.3 is 4.52 Å². The summed E-state index contributed by atoms with van der Waals surface area (Å²) in [5.74, 6) is 0.987. The molecule has 0 unspecified atom stereocenters. The van der Waals surface area contributed by atoms with Gasteiger partial charge in [0.2, 0.25) is 0 Å². The summed E-state index contributed by atoms with van der Waals surface area (Å²) in [4.78, 5) is 24.6. The number of aromatic amines is 1. The molecular weight excluding hydrogens is 306 g/mol. The molecule has 1 N–H and O–H groups in total. The maximum Gasteiger partial charge on any atom is 0.168 e. The number of aromatic nitrogens is 3. The summed E-state index contributed by atoms with van der Waals surface area (Å²) < 4.78 is 5.32. The van der Waals surface area contributed by atoms with E-state index < -0.39 is 0 Å². The number of Topliss-reactive ketones (excluding diaryl/α,β-unsaturated/α-hetero) is 2. The van der Waals surface area contributed by atoms with E-state index in [1.54, 1.807) is 0 Å². The second-order valence-electron chi connectivity index (χ2n) is 7.67. The summed E-state index contributed by atoms with van der Waals surface area (Å²) in [5.41, 5.74) is 3.81. The molecule has 2 aromatic rings. The zero-order valence-corrected chi connectivity index (χ0v) is 14.1. The average Bonchev–Trinajstić information content (AvgIpc) is 3.08. The molecule has 0 saturated carbocycles. The fourth-order valence-corrected chi connectivity index (χ4v) is 3.91. The molecule has 2 aliphatic rings.